The number of rotatable bonds is 3. The van der Waals surface area contributed by atoms with Crippen molar-refractivity contribution in [3.63, 3.8) is 0 Å². The number of likely N-dealkylation sites (tertiary alicyclic amines) is 1. The minimum Gasteiger partial charge on any atom is -0.497 e. The van der Waals surface area contributed by atoms with Crippen LogP contribution in [0.5, 0.6) is 11.5 Å². The predicted molar refractivity (Wildman–Crippen MR) is 102 cm³/mol. The van der Waals surface area contributed by atoms with Gasteiger partial charge in [0.25, 0.3) is 0 Å². The van der Waals surface area contributed by atoms with Crippen LogP contribution in [0.2, 0.25) is 0 Å². The number of hydrogen-bond acceptors (Lipinski definition) is 5. The molecule has 5 nitrogen and oxygen atoms in total. The van der Waals surface area contributed by atoms with E-state index in [4.69, 9.17) is 14.2 Å². The third-order valence-electron chi connectivity index (χ3n) is 6.92. The maximum absolute atomic E-state index is 10.9. The summed E-state index contributed by atoms with van der Waals surface area (Å²) < 4.78 is 18.0. The highest BCUT2D eigenvalue weighted by Gasteiger charge is 2.61. The lowest BCUT2D eigenvalue weighted by Crippen LogP contribution is -2.56. The number of hydrogen-bond donors (Lipinski definition) is 1. The normalized spacial score (nSPS) is 31.3. The molecule has 1 saturated heterocycles. The Hall–Kier alpha value is -1.98. The molecule has 2 aliphatic heterocycles. The minimum absolute atomic E-state index is 0.239. The molecular weight excluding hydrogens is 342 g/mol. The van der Waals surface area contributed by atoms with E-state index in [0.29, 0.717) is 6.04 Å². The van der Waals surface area contributed by atoms with Crippen LogP contribution in [-0.2, 0) is 16.6 Å². The summed E-state index contributed by atoms with van der Waals surface area (Å²) in [6.07, 6.45) is 4.15. The third kappa shape index (κ3) is 1.96. The molecule has 1 spiro atoms. The largest absolute Gasteiger partial charge is 0.497 e. The number of nitrogens with zero attached hydrogens (tertiary/aromatic N) is 1. The van der Waals surface area contributed by atoms with E-state index in [1.54, 1.807) is 14.2 Å². The smallest absolute Gasteiger partial charge is 0.173 e. The fraction of sp³-hybridized carbons (Fsp3) is 0.545. The van der Waals surface area contributed by atoms with Crippen LogP contribution < -0.4 is 9.47 Å². The van der Waals surface area contributed by atoms with Crippen LogP contribution in [-0.4, -0.2) is 49.5 Å². The second-order valence-electron chi connectivity index (χ2n) is 8.74. The molecule has 2 aliphatic carbocycles. The Morgan fingerprint density at radius 1 is 1.26 bits per heavy atom. The predicted octanol–water partition coefficient (Wildman–Crippen LogP) is 2.77. The highest BCUT2D eigenvalue weighted by atomic mass is 16.5. The Labute approximate surface area is 160 Å². The van der Waals surface area contributed by atoms with Crippen LogP contribution in [0.3, 0.4) is 0 Å². The minimum atomic E-state index is -0.942. The van der Waals surface area contributed by atoms with Gasteiger partial charge in [0.15, 0.2) is 17.3 Å². The molecule has 5 heteroatoms. The van der Waals surface area contributed by atoms with E-state index in [-0.39, 0.29) is 11.3 Å². The molecule has 144 valence electrons. The average molecular weight is 369 g/mol. The molecule has 0 radical (unpaired) electrons. The van der Waals surface area contributed by atoms with Crippen molar-refractivity contribution in [2.45, 2.75) is 43.7 Å². The van der Waals surface area contributed by atoms with Crippen molar-refractivity contribution in [1.82, 2.24) is 4.90 Å². The van der Waals surface area contributed by atoms with Gasteiger partial charge in [-0.05, 0) is 50.9 Å². The van der Waals surface area contributed by atoms with Crippen LogP contribution >= 0.6 is 0 Å². The van der Waals surface area contributed by atoms with E-state index in [9.17, 15) is 5.11 Å². The van der Waals surface area contributed by atoms with Gasteiger partial charge in [-0.1, -0.05) is 12.1 Å². The molecule has 3 unspecified atom stereocenters. The summed E-state index contributed by atoms with van der Waals surface area (Å²) in [4.78, 5) is 2.43. The van der Waals surface area contributed by atoms with Crippen LogP contribution in [0, 0.1) is 5.92 Å². The lowest BCUT2D eigenvalue weighted by molar-refractivity contribution is 0.0196. The van der Waals surface area contributed by atoms with Gasteiger partial charge in [-0.3, -0.25) is 4.90 Å². The molecule has 2 heterocycles. The number of ether oxygens (including phenoxy) is 3. The SMILES string of the molecule is COC1=C2Oc3c(OC)ccc4c3C23CCN(C)C(C4)C3=CC1C(C)(C)O. The molecule has 5 rings (SSSR count). The number of piperidine rings is 1. The Balaban J connectivity index is 1.86. The molecular formula is C22H27NO4. The van der Waals surface area contributed by atoms with Crippen molar-refractivity contribution < 1.29 is 19.3 Å². The summed E-state index contributed by atoms with van der Waals surface area (Å²) in [5.41, 5.74) is 2.69. The maximum atomic E-state index is 10.9. The van der Waals surface area contributed by atoms with Crippen LogP contribution in [0.25, 0.3) is 0 Å². The Bertz CT molecular complexity index is 894. The molecule has 0 saturated carbocycles. The van der Waals surface area contributed by atoms with Crippen molar-refractivity contribution in [3.05, 3.63) is 46.4 Å². The first-order valence-corrected chi connectivity index (χ1v) is 9.64. The number of benzene rings is 1. The molecule has 27 heavy (non-hydrogen) atoms. The third-order valence-corrected chi connectivity index (χ3v) is 6.92. The van der Waals surface area contributed by atoms with Crippen molar-refractivity contribution in [1.29, 1.82) is 0 Å². The van der Waals surface area contributed by atoms with Gasteiger partial charge in [0.2, 0.25) is 0 Å². The zero-order valence-corrected chi connectivity index (χ0v) is 16.6. The first-order chi connectivity index (χ1) is 12.8. The van der Waals surface area contributed by atoms with Crippen molar-refractivity contribution in [3.8, 4) is 11.5 Å². The average Bonchev–Trinajstić information content (AvgIpc) is 2.97. The number of likely N-dealkylation sites (N-methyl/N-ethyl adjacent to an activating group) is 1. The van der Waals surface area contributed by atoms with Crippen molar-refractivity contribution in [2.24, 2.45) is 5.92 Å². The first-order valence-electron chi connectivity index (χ1n) is 9.64. The van der Waals surface area contributed by atoms with Crippen molar-refractivity contribution in [2.75, 3.05) is 27.8 Å². The monoisotopic (exact) mass is 369 g/mol. The molecule has 0 amide bonds. The fourth-order valence-corrected chi connectivity index (χ4v) is 5.62. The Morgan fingerprint density at radius 3 is 2.70 bits per heavy atom. The maximum Gasteiger partial charge on any atom is 0.173 e. The highest BCUT2D eigenvalue weighted by molar-refractivity contribution is 5.70. The molecule has 1 aromatic rings. The zero-order valence-electron chi connectivity index (χ0n) is 16.6. The first kappa shape index (κ1) is 17.1. The number of aliphatic hydroxyl groups is 1. The van der Waals surface area contributed by atoms with E-state index in [0.717, 1.165) is 42.4 Å². The van der Waals surface area contributed by atoms with Gasteiger partial charge in [0.05, 0.1) is 31.2 Å². The quantitative estimate of drug-likeness (QED) is 0.831. The fourth-order valence-electron chi connectivity index (χ4n) is 5.62. The van der Waals surface area contributed by atoms with Gasteiger partial charge in [-0.2, -0.15) is 0 Å². The summed E-state index contributed by atoms with van der Waals surface area (Å²) in [6.45, 7) is 4.67. The topological polar surface area (TPSA) is 51.2 Å². The lowest BCUT2D eigenvalue weighted by atomic mass is 9.57. The van der Waals surface area contributed by atoms with Gasteiger partial charge in [-0.25, -0.2) is 0 Å². The van der Waals surface area contributed by atoms with Gasteiger partial charge < -0.3 is 19.3 Å². The second-order valence-corrected chi connectivity index (χ2v) is 8.74. The molecule has 1 N–H and O–H groups in total. The van der Waals surface area contributed by atoms with E-state index >= 15 is 0 Å². The summed E-state index contributed by atoms with van der Waals surface area (Å²) in [5.74, 6) is 2.94. The summed E-state index contributed by atoms with van der Waals surface area (Å²) in [5, 5.41) is 10.9. The molecule has 0 aromatic heterocycles. The van der Waals surface area contributed by atoms with Gasteiger partial charge in [0.1, 0.15) is 5.76 Å². The van der Waals surface area contributed by atoms with Gasteiger partial charge in [-0.15, -0.1) is 0 Å². The van der Waals surface area contributed by atoms with Crippen LogP contribution in [0.4, 0.5) is 0 Å². The van der Waals surface area contributed by atoms with E-state index in [1.165, 1.54) is 16.7 Å². The molecule has 1 aromatic carbocycles. The van der Waals surface area contributed by atoms with E-state index in [2.05, 4.69) is 24.1 Å². The molecule has 2 bridgehead atoms. The molecule has 3 atom stereocenters. The molecule has 1 fully saturated rings. The number of methoxy groups -OCH3 is 2. The summed E-state index contributed by atoms with van der Waals surface area (Å²) >= 11 is 0. The highest BCUT2D eigenvalue weighted by Crippen LogP contribution is 2.64. The number of allylic oxidation sites excluding steroid dienone is 1. The van der Waals surface area contributed by atoms with Gasteiger partial charge >= 0.3 is 0 Å². The van der Waals surface area contributed by atoms with Crippen LogP contribution in [0.1, 0.15) is 31.4 Å². The van der Waals surface area contributed by atoms with Crippen LogP contribution in [0.15, 0.2) is 35.3 Å². The second kappa shape index (κ2) is 5.30. The zero-order chi connectivity index (χ0) is 19.1. The summed E-state index contributed by atoms with van der Waals surface area (Å²) in [7, 11) is 5.55. The Morgan fingerprint density at radius 2 is 2.04 bits per heavy atom. The standard InChI is InChI=1S/C22H27NO4/c1-21(2,24)14-11-13-15-10-12-6-7-16(25-4)19-17(12)22(13,8-9-23(15)3)20(27-19)18(14)26-5/h6-7,11,14-15,24H,8-10H2,1-5H3. The van der Waals surface area contributed by atoms with E-state index in [1.807, 2.05) is 19.9 Å². The van der Waals surface area contributed by atoms with Gasteiger partial charge in [0, 0.05) is 18.2 Å². The molecule has 4 aliphatic rings. The van der Waals surface area contributed by atoms with E-state index < -0.39 is 5.60 Å². The lowest BCUT2D eigenvalue weighted by Gasteiger charge is -2.52. The Kier molecular flexibility index (Phi) is 3.36. The van der Waals surface area contributed by atoms with Crippen molar-refractivity contribution >= 4 is 0 Å². The summed E-state index contributed by atoms with van der Waals surface area (Å²) in [6, 6.07) is 4.50.